The molecule has 0 saturated heterocycles. The normalized spacial score (nSPS) is 23.1. The minimum Gasteiger partial charge on any atom is -0.239 e. The van der Waals surface area contributed by atoms with Crippen LogP contribution in [0.1, 0.15) is 48.0 Å². The third-order valence-corrected chi connectivity index (χ3v) is 3.99. The molecule has 0 heterocycles. The Hall–Kier alpha value is -1.63. The minimum absolute atomic E-state index is 0.343. The van der Waals surface area contributed by atoms with Crippen LogP contribution in [0.3, 0.4) is 0 Å². The van der Waals surface area contributed by atoms with Gasteiger partial charge in [-0.1, -0.05) is 66.7 Å². The highest BCUT2D eigenvalue weighted by atomic mass is 19.1. The zero-order valence-corrected chi connectivity index (χ0v) is 14.8. The van der Waals surface area contributed by atoms with Gasteiger partial charge in [0.15, 0.2) is 0 Å². The third-order valence-electron chi connectivity index (χ3n) is 3.99. The molecule has 0 radical (unpaired) electrons. The van der Waals surface area contributed by atoms with Gasteiger partial charge in [0.1, 0.15) is 5.67 Å². The lowest BCUT2D eigenvalue weighted by molar-refractivity contribution is 0.245. The summed E-state index contributed by atoms with van der Waals surface area (Å²) >= 11 is 0. The van der Waals surface area contributed by atoms with Crippen molar-refractivity contribution in [3.63, 3.8) is 0 Å². The van der Waals surface area contributed by atoms with E-state index in [1.807, 2.05) is 51.2 Å². The summed E-state index contributed by atoms with van der Waals surface area (Å²) in [5.74, 6) is 0.343. The maximum atomic E-state index is 15.2. The van der Waals surface area contributed by atoms with Crippen molar-refractivity contribution in [2.24, 2.45) is 5.92 Å². The molecule has 0 spiro atoms. The molecule has 2 atom stereocenters. The number of allylic oxidation sites excluding steroid dienone is 12. The summed E-state index contributed by atoms with van der Waals surface area (Å²) in [4.78, 5) is 0. The van der Waals surface area contributed by atoms with Crippen molar-refractivity contribution >= 4 is 0 Å². The molecule has 1 aliphatic rings. The van der Waals surface area contributed by atoms with Crippen LogP contribution in [0, 0.1) is 5.92 Å². The van der Waals surface area contributed by atoms with E-state index in [0.29, 0.717) is 12.3 Å². The van der Waals surface area contributed by atoms with Crippen molar-refractivity contribution in [1.82, 2.24) is 0 Å². The molecule has 0 aromatic heterocycles. The first kappa shape index (κ1) is 18.4. The molecule has 0 bridgehead atoms. The SMILES string of the molecule is C\C=C(C)/C=C\C(=C/C)C(C)(F)CC1=CC(C)C=C(C)C=C1. The summed E-state index contributed by atoms with van der Waals surface area (Å²) in [6.45, 7) is 11.8. The summed E-state index contributed by atoms with van der Waals surface area (Å²) in [5, 5.41) is 0. The average Bonchev–Trinajstić information content (AvgIpc) is 2.58. The van der Waals surface area contributed by atoms with Crippen LogP contribution in [0.2, 0.25) is 0 Å². The minimum atomic E-state index is -1.37. The topological polar surface area (TPSA) is 0 Å². The summed E-state index contributed by atoms with van der Waals surface area (Å²) < 4.78 is 15.2. The van der Waals surface area contributed by atoms with Crippen molar-refractivity contribution < 1.29 is 4.39 Å². The van der Waals surface area contributed by atoms with Gasteiger partial charge in [0, 0.05) is 6.42 Å². The zero-order valence-electron chi connectivity index (χ0n) is 14.8. The lowest BCUT2D eigenvalue weighted by Crippen LogP contribution is -2.21. The Kier molecular flexibility index (Phi) is 6.80. The van der Waals surface area contributed by atoms with Gasteiger partial charge in [0.2, 0.25) is 0 Å². The van der Waals surface area contributed by atoms with Gasteiger partial charge in [-0.3, -0.25) is 0 Å². The summed E-state index contributed by atoms with van der Waals surface area (Å²) in [5.41, 5.74) is 2.78. The second-order valence-electron chi connectivity index (χ2n) is 6.33. The molecule has 0 aromatic carbocycles. The molecule has 0 aliphatic heterocycles. The molecular formula is C21H29F. The molecule has 0 N–H and O–H groups in total. The summed E-state index contributed by atoms with van der Waals surface area (Å²) in [6.07, 6.45) is 16.6. The first-order chi connectivity index (χ1) is 10.3. The van der Waals surface area contributed by atoms with Gasteiger partial charge in [-0.15, -0.1) is 0 Å². The molecule has 0 aromatic rings. The van der Waals surface area contributed by atoms with Crippen LogP contribution >= 0.6 is 0 Å². The third kappa shape index (κ3) is 5.63. The molecule has 0 amide bonds. The Balaban J connectivity index is 2.94. The molecule has 0 fully saturated rings. The Morgan fingerprint density at radius 3 is 2.45 bits per heavy atom. The van der Waals surface area contributed by atoms with Crippen molar-refractivity contribution in [3.8, 4) is 0 Å². The van der Waals surface area contributed by atoms with Crippen molar-refractivity contribution in [2.75, 3.05) is 0 Å². The molecule has 2 unspecified atom stereocenters. The number of rotatable bonds is 5. The van der Waals surface area contributed by atoms with E-state index in [1.54, 1.807) is 6.92 Å². The first-order valence-electron chi connectivity index (χ1n) is 8.02. The zero-order chi connectivity index (χ0) is 16.8. The van der Waals surface area contributed by atoms with Crippen LogP contribution in [0.4, 0.5) is 4.39 Å². The maximum absolute atomic E-state index is 15.2. The predicted molar refractivity (Wildman–Crippen MR) is 96.6 cm³/mol. The van der Waals surface area contributed by atoms with Crippen LogP contribution in [0.15, 0.2) is 70.9 Å². The predicted octanol–water partition coefficient (Wildman–Crippen LogP) is 6.65. The second kappa shape index (κ2) is 8.12. The van der Waals surface area contributed by atoms with E-state index in [-0.39, 0.29) is 0 Å². The van der Waals surface area contributed by atoms with Gasteiger partial charge in [-0.05, 0) is 51.7 Å². The van der Waals surface area contributed by atoms with Gasteiger partial charge in [-0.2, -0.15) is 0 Å². The van der Waals surface area contributed by atoms with Gasteiger partial charge >= 0.3 is 0 Å². The van der Waals surface area contributed by atoms with E-state index in [4.69, 9.17) is 0 Å². The Morgan fingerprint density at radius 1 is 1.18 bits per heavy atom. The van der Waals surface area contributed by atoms with Crippen LogP contribution in [-0.4, -0.2) is 5.67 Å². The number of alkyl halides is 1. The van der Waals surface area contributed by atoms with Gasteiger partial charge in [0.25, 0.3) is 0 Å². The standard InChI is InChI=1S/C21H29F/c1-7-16(3)10-12-20(8-2)21(6,22)15-19-11-9-17(4)13-18(5)14-19/h7-14,18H,15H2,1-6H3/b12-10-,16-7-,20-8+. The van der Waals surface area contributed by atoms with Crippen LogP contribution < -0.4 is 0 Å². The average molecular weight is 300 g/mol. The second-order valence-corrected chi connectivity index (χ2v) is 6.33. The highest BCUT2D eigenvalue weighted by Crippen LogP contribution is 2.32. The van der Waals surface area contributed by atoms with Crippen molar-refractivity contribution in [1.29, 1.82) is 0 Å². The molecular weight excluding hydrogens is 271 g/mol. The summed E-state index contributed by atoms with van der Waals surface area (Å²) in [7, 11) is 0. The molecule has 1 heteroatoms. The smallest absolute Gasteiger partial charge is 0.136 e. The molecule has 0 saturated carbocycles. The van der Waals surface area contributed by atoms with E-state index >= 15 is 4.39 Å². The lowest BCUT2D eigenvalue weighted by atomic mass is 9.88. The van der Waals surface area contributed by atoms with Crippen LogP contribution in [0.5, 0.6) is 0 Å². The fourth-order valence-corrected chi connectivity index (χ4v) is 2.64. The van der Waals surface area contributed by atoms with Gasteiger partial charge in [-0.25, -0.2) is 4.39 Å². The van der Waals surface area contributed by atoms with Crippen molar-refractivity contribution in [3.05, 3.63) is 70.9 Å². The largest absolute Gasteiger partial charge is 0.239 e. The Labute approximate surface area is 135 Å². The quantitative estimate of drug-likeness (QED) is 0.498. The number of hydrogen-bond acceptors (Lipinski definition) is 0. The fourth-order valence-electron chi connectivity index (χ4n) is 2.64. The van der Waals surface area contributed by atoms with Crippen LogP contribution in [-0.2, 0) is 0 Å². The molecule has 0 nitrogen and oxygen atoms in total. The first-order valence-corrected chi connectivity index (χ1v) is 8.02. The Morgan fingerprint density at radius 2 is 1.86 bits per heavy atom. The monoisotopic (exact) mass is 300 g/mol. The number of halogens is 1. The van der Waals surface area contributed by atoms with E-state index in [0.717, 1.165) is 16.7 Å². The van der Waals surface area contributed by atoms with E-state index in [2.05, 4.69) is 32.1 Å². The maximum Gasteiger partial charge on any atom is 0.136 e. The lowest BCUT2D eigenvalue weighted by Gasteiger charge is -2.23. The van der Waals surface area contributed by atoms with E-state index < -0.39 is 5.67 Å². The fraction of sp³-hybridized carbons (Fsp3) is 0.429. The summed E-state index contributed by atoms with van der Waals surface area (Å²) in [6, 6.07) is 0. The Bertz CT molecular complexity index is 563. The number of hydrogen-bond donors (Lipinski definition) is 0. The highest BCUT2D eigenvalue weighted by molar-refractivity contribution is 5.38. The van der Waals surface area contributed by atoms with Crippen LogP contribution in [0.25, 0.3) is 0 Å². The van der Waals surface area contributed by atoms with Crippen molar-refractivity contribution in [2.45, 2.75) is 53.6 Å². The van der Waals surface area contributed by atoms with E-state index in [9.17, 15) is 0 Å². The molecule has 120 valence electrons. The molecule has 22 heavy (non-hydrogen) atoms. The molecule has 1 aliphatic carbocycles. The highest BCUT2D eigenvalue weighted by Gasteiger charge is 2.27. The van der Waals surface area contributed by atoms with Gasteiger partial charge in [0.05, 0.1) is 0 Å². The van der Waals surface area contributed by atoms with E-state index in [1.165, 1.54) is 5.57 Å². The van der Waals surface area contributed by atoms with Gasteiger partial charge < -0.3 is 0 Å². The molecule has 1 rings (SSSR count).